The zero-order chi connectivity index (χ0) is 6.69. The predicted molar refractivity (Wildman–Crippen MR) is 40.3 cm³/mol. The van der Waals surface area contributed by atoms with Crippen molar-refractivity contribution < 1.29 is 4.74 Å². The SMILES string of the molecule is COC(=S)NCC1CC1. The Hall–Kier alpha value is -0.310. The van der Waals surface area contributed by atoms with Crippen LogP contribution in [0.4, 0.5) is 0 Å². The highest BCUT2D eigenvalue weighted by Gasteiger charge is 2.20. The van der Waals surface area contributed by atoms with E-state index in [1.165, 1.54) is 12.8 Å². The van der Waals surface area contributed by atoms with Gasteiger partial charge in [0.2, 0.25) is 0 Å². The largest absolute Gasteiger partial charge is 0.474 e. The molecular formula is C6H11NOS. The first-order valence-corrected chi connectivity index (χ1v) is 3.55. The van der Waals surface area contributed by atoms with E-state index in [1.54, 1.807) is 7.11 Å². The molecule has 0 saturated heterocycles. The van der Waals surface area contributed by atoms with Crippen LogP contribution in [-0.4, -0.2) is 18.8 Å². The summed E-state index contributed by atoms with van der Waals surface area (Å²) < 4.78 is 4.75. The van der Waals surface area contributed by atoms with E-state index in [-0.39, 0.29) is 0 Å². The maximum Gasteiger partial charge on any atom is 0.256 e. The Balaban J connectivity index is 1.96. The van der Waals surface area contributed by atoms with Crippen LogP contribution in [0.15, 0.2) is 0 Å². The second kappa shape index (κ2) is 3.01. The summed E-state index contributed by atoms with van der Waals surface area (Å²) in [6.45, 7) is 0.993. The molecule has 0 amide bonds. The highest BCUT2D eigenvalue weighted by atomic mass is 32.1. The third-order valence-corrected chi connectivity index (χ3v) is 1.73. The molecule has 1 aliphatic carbocycles. The summed E-state index contributed by atoms with van der Waals surface area (Å²) in [6, 6.07) is 0. The molecule has 0 heterocycles. The molecule has 1 rings (SSSR count). The fourth-order valence-electron chi connectivity index (χ4n) is 0.622. The Morgan fingerprint density at radius 2 is 2.44 bits per heavy atom. The van der Waals surface area contributed by atoms with Gasteiger partial charge in [-0.3, -0.25) is 0 Å². The summed E-state index contributed by atoms with van der Waals surface area (Å²) >= 11 is 4.77. The van der Waals surface area contributed by atoms with E-state index in [0.29, 0.717) is 5.17 Å². The van der Waals surface area contributed by atoms with E-state index in [4.69, 9.17) is 17.0 Å². The smallest absolute Gasteiger partial charge is 0.256 e. The van der Waals surface area contributed by atoms with Crippen LogP contribution in [0, 0.1) is 5.92 Å². The van der Waals surface area contributed by atoms with Gasteiger partial charge in [0.25, 0.3) is 5.17 Å². The quantitative estimate of drug-likeness (QED) is 0.584. The summed E-state index contributed by atoms with van der Waals surface area (Å²) in [5.74, 6) is 0.859. The lowest BCUT2D eigenvalue weighted by atomic mass is 10.4. The molecule has 2 nitrogen and oxygen atoms in total. The van der Waals surface area contributed by atoms with E-state index in [2.05, 4.69) is 5.32 Å². The second-order valence-corrected chi connectivity index (χ2v) is 2.69. The molecule has 0 aromatic rings. The molecule has 0 aliphatic heterocycles. The van der Waals surface area contributed by atoms with Gasteiger partial charge in [-0.1, -0.05) is 0 Å². The van der Waals surface area contributed by atoms with Gasteiger partial charge in [0.1, 0.15) is 0 Å². The molecule has 0 spiro atoms. The molecule has 1 saturated carbocycles. The minimum absolute atomic E-state index is 0.516. The Bertz CT molecular complexity index is 112. The first-order chi connectivity index (χ1) is 4.33. The van der Waals surface area contributed by atoms with Crippen LogP contribution >= 0.6 is 12.2 Å². The number of hydrogen-bond acceptors (Lipinski definition) is 2. The molecule has 9 heavy (non-hydrogen) atoms. The molecule has 1 fully saturated rings. The summed E-state index contributed by atoms with van der Waals surface area (Å²) in [7, 11) is 1.59. The number of hydrogen-bond donors (Lipinski definition) is 1. The minimum atomic E-state index is 0.516. The molecule has 0 atom stereocenters. The number of rotatable bonds is 2. The van der Waals surface area contributed by atoms with Crippen molar-refractivity contribution in [2.24, 2.45) is 5.92 Å². The number of nitrogens with one attached hydrogen (secondary N) is 1. The van der Waals surface area contributed by atoms with E-state index >= 15 is 0 Å². The zero-order valence-corrected chi connectivity index (χ0v) is 6.33. The van der Waals surface area contributed by atoms with Crippen LogP contribution in [-0.2, 0) is 4.74 Å². The fourth-order valence-corrected chi connectivity index (χ4v) is 0.705. The number of thiocarbonyl (C=S) groups is 1. The monoisotopic (exact) mass is 145 g/mol. The van der Waals surface area contributed by atoms with E-state index in [9.17, 15) is 0 Å². The first kappa shape index (κ1) is 6.81. The van der Waals surface area contributed by atoms with Crippen LogP contribution in [0.1, 0.15) is 12.8 Å². The Labute approximate surface area is 60.6 Å². The summed E-state index contributed by atoms with van der Waals surface area (Å²) in [4.78, 5) is 0. The molecule has 3 heteroatoms. The summed E-state index contributed by atoms with van der Waals surface area (Å²) in [5.41, 5.74) is 0. The first-order valence-electron chi connectivity index (χ1n) is 3.14. The van der Waals surface area contributed by atoms with Gasteiger partial charge in [-0.25, -0.2) is 0 Å². The van der Waals surface area contributed by atoms with Gasteiger partial charge < -0.3 is 10.1 Å². The van der Waals surface area contributed by atoms with E-state index in [1.807, 2.05) is 0 Å². The molecule has 1 aliphatic rings. The molecular weight excluding hydrogens is 134 g/mol. The molecule has 0 bridgehead atoms. The Morgan fingerprint density at radius 1 is 1.78 bits per heavy atom. The third-order valence-electron chi connectivity index (χ3n) is 1.42. The van der Waals surface area contributed by atoms with Gasteiger partial charge in [0.15, 0.2) is 0 Å². The molecule has 0 unspecified atom stereocenters. The van der Waals surface area contributed by atoms with Gasteiger partial charge in [0, 0.05) is 6.54 Å². The van der Waals surface area contributed by atoms with Crippen molar-refractivity contribution in [3.05, 3.63) is 0 Å². The zero-order valence-electron chi connectivity index (χ0n) is 5.52. The average molecular weight is 145 g/mol. The van der Waals surface area contributed by atoms with Gasteiger partial charge >= 0.3 is 0 Å². The average Bonchev–Trinajstić information content (AvgIpc) is 2.65. The summed E-state index contributed by atoms with van der Waals surface area (Å²) in [5, 5.41) is 3.52. The second-order valence-electron chi connectivity index (χ2n) is 2.32. The minimum Gasteiger partial charge on any atom is -0.474 e. The van der Waals surface area contributed by atoms with E-state index < -0.39 is 0 Å². The van der Waals surface area contributed by atoms with Crippen molar-refractivity contribution in [3.8, 4) is 0 Å². The Morgan fingerprint density at radius 3 is 2.89 bits per heavy atom. The van der Waals surface area contributed by atoms with Gasteiger partial charge in [-0.2, -0.15) is 0 Å². The predicted octanol–water partition coefficient (Wildman–Crippen LogP) is 0.917. The molecule has 0 aromatic heterocycles. The van der Waals surface area contributed by atoms with Crippen LogP contribution in [0.5, 0.6) is 0 Å². The number of ether oxygens (including phenoxy) is 1. The fraction of sp³-hybridized carbons (Fsp3) is 0.833. The van der Waals surface area contributed by atoms with Gasteiger partial charge in [-0.15, -0.1) is 0 Å². The summed E-state index contributed by atoms with van der Waals surface area (Å²) in [6.07, 6.45) is 2.69. The van der Waals surface area contributed by atoms with Crippen molar-refractivity contribution in [2.75, 3.05) is 13.7 Å². The molecule has 52 valence electrons. The highest BCUT2D eigenvalue weighted by molar-refractivity contribution is 7.80. The maximum atomic E-state index is 4.77. The highest BCUT2D eigenvalue weighted by Crippen LogP contribution is 2.27. The number of methoxy groups -OCH3 is 1. The van der Waals surface area contributed by atoms with Crippen molar-refractivity contribution in [1.82, 2.24) is 5.32 Å². The van der Waals surface area contributed by atoms with Gasteiger partial charge in [-0.05, 0) is 31.0 Å². The van der Waals surface area contributed by atoms with Crippen molar-refractivity contribution in [3.63, 3.8) is 0 Å². The lowest BCUT2D eigenvalue weighted by molar-refractivity contribution is 0.391. The van der Waals surface area contributed by atoms with Crippen LogP contribution in [0.2, 0.25) is 0 Å². The van der Waals surface area contributed by atoms with Crippen LogP contribution in [0.3, 0.4) is 0 Å². The Kier molecular flexibility index (Phi) is 2.28. The van der Waals surface area contributed by atoms with E-state index in [0.717, 1.165) is 12.5 Å². The van der Waals surface area contributed by atoms with Crippen LogP contribution in [0.25, 0.3) is 0 Å². The lowest BCUT2D eigenvalue weighted by Crippen LogP contribution is -2.24. The van der Waals surface area contributed by atoms with Crippen LogP contribution < -0.4 is 5.32 Å². The topological polar surface area (TPSA) is 21.3 Å². The van der Waals surface area contributed by atoms with Gasteiger partial charge in [0.05, 0.1) is 7.11 Å². The maximum absolute atomic E-state index is 4.77. The third kappa shape index (κ3) is 2.65. The van der Waals surface area contributed by atoms with Crippen molar-refractivity contribution in [1.29, 1.82) is 0 Å². The molecule has 0 radical (unpaired) electrons. The van der Waals surface area contributed by atoms with Crippen molar-refractivity contribution >= 4 is 17.4 Å². The molecule has 0 aromatic carbocycles. The lowest BCUT2D eigenvalue weighted by Gasteiger charge is -2.02. The normalized spacial score (nSPS) is 17.0. The standard InChI is InChI=1S/C6H11NOS/c1-8-6(9)7-4-5-2-3-5/h5H,2-4H2,1H3,(H,7,9). The van der Waals surface area contributed by atoms with Crippen molar-refractivity contribution in [2.45, 2.75) is 12.8 Å². The molecule has 1 N–H and O–H groups in total.